The van der Waals surface area contributed by atoms with E-state index in [9.17, 15) is 13.6 Å². The number of halogens is 2. The van der Waals surface area contributed by atoms with Crippen molar-refractivity contribution in [2.24, 2.45) is 5.92 Å². The Morgan fingerprint density at radius 2 is 2.12 bits per heavy atom. The van der Waals surface area contributed by atoms with Crippen molar-refractivity contribution in [1.29, 1.82) is 0 Å². The van der Waals surface area contributed by atoms with Crippen LogP contribution >= 0.6 is 11.3 Å². The van der Waals surface area contributed by atoms with E-state index in [-0.39, 0.29) is 11.7 Å². The number of nitrogens with one attached hydrogen (secondary N) is 1. The zero-order valence-corrected chi connectivity index (χ0v) is 14.2. The first-order valence-corrected chi connectivity index (χ1v) is 8.84. The minimum Gasteiger partial charge on any atom is -0.435 e. The van der Waals surface area contributed by atoms with Gasteiger partial charge in [0.2, 0.25) is 0 Å². The van der Waals surface area contributed by atoms with Crippen LogP contribution in [0.3, 0.4) is 0 Å². The van der Waals surface area contributed by atoms with Crippen LogP contribution in [-0.4, -0.2) is 12.5 Å². The second-order valence-electron chi connectivity index (χ2n) is 5.93. The van der Waals surface area contributed by atoms with Crippen LogP contribution < -0.4 is 10.1 Å². The highest BCUT2D eigenvalue weighted by atomic mass is 32.1. The molecule has 0 bridgehead atoms. The van der Waals surface area contributed by atoms with Crippen molar-refractivity contribution in [1.82, 2.24) is 0 Å². The molecule has 128 valence electrons. The van der Waals surface area contributed by atoms with E-state index < -0.39 is 6.61 Å². The van der Waals surface area contributed by atoms with Gasteiger partial charge in [-0.15, -0.1) is 11.3 Å². The van der Waals surface area contributed by atoms with Crippen LogP contribution in [-0.2, 0) is 12.8 Å². The average molecular weight is 351 g/mol. The summed E-state index contributed by atoms with van der Waals surface area (Å²) in [6.07, 6.45) is 4.46. The number of amides is 1. The normalized spacial score (nSPS) is 16.8. The minimum atomic E-state index is -2.85. The number of thiophene rings is 1. The SMILES string of the molecule is CC[C@H]1CCc2sc(C(=O)Nc3ccc(OC(F)F)cc3)cc2C1. The first-order chi connectivity index (χ1) is 11.5. The number of anilines is 1. The number of carbonyl (C=O) groups is 1. The molecule has 6 heteroatoms. The van der Waals surface area contributed by atoms with E-state index in [1.165, 1.54) is 35.4 Å². The molecule has 2 aromatic rings. The van der Waals surface area contributed by atoms with Crippen molar-refractivity contribution in [3.63, 3.8) is 0 Å². The van der Waals surface area contributed by atoms with E-state index in [4.69, 9.17) is 0 Å². The summed E-state index contributed by atoms with van der Waals surface area (Å²) < 4.78 is 28.5. The molecule has 1 aromatic carbocycles. The van der Waals surface area contributed by atoms with Gasteiger partial charge in [-0.3, -0.25) is 4.79 Å². The number of alkyl halides is 2. The van der Waals surface area contributed by atoms with Gasteiger partial charge in [-0.25, -0.2) is 0 Å². The van der Waals surface area contributed by atoms with Crippen molar-refractivity contribution >= 4 is 22.9 Å². The molecule has 3 rings (SSSR count). The van der Waals surface area contributed by atoms with Crippen LogP contribution in [0.25, 0.3) is 0 Å². The Hall–Kier alpha value is -1.95. The molecule has 1 aliphatic rings. The summed E-state index contributed by atoms with van der Waals surface area (Å²) in [5, 5.41) is 2.80. The van der Waals surface area contributed by atoms with Gasteiger partial charge in [-0.2, -0.15) is 8.78 Å². The third kappa shape index (κ3) is 3.93. The number of hydrogen-bond donors (Lipinski definition) is 1. The Kier molecular flexibility index (Phi) is 5.14. The molecule has 0 radical (unpaired) electrons. The van der Waals surface area contributed by atoms with Gasteiger partial charge in [0.25, 0.3) is 5.91 Å². The molecule has 1 aliphatic carbocycles. The number of rotatable bonds is 5. The number of hydrogen-bond acceptors (Lipinski definition) is 3. The molecule has 0 fully saturated rings. The molecule has 1 aromatic heterocycles. The van der Waals surface area contributed by atoms with Crippen LogP contribution in [0.15, 0.2) is 30.3 Å². The predicted molar refractivity (Wildman–Crippen MR) is 91.2 cm³/mol. The van der Waals surface area contributed by atoms with E-state index in [0.717, 1.165) is 12.8 Å². The van der Waals surface area contributed by atoms with E-state index in [0.29, 0.717) is 16.5 Å². The third-order valence-electron chi connectivity index (χ3n) is 4.32. The fourth-order valence-corrected chi connectivity index (χ4v) is 4.08. The Morgan fingerprint density at radius 3 is 2.79 bits per heavy atom. The van der Waals surface area contributed by atoms with Crippen molar-refractivity contribution in [3.8, 4) is 5.75 Å². The monoisotopic (exact) mass is 351 g/mol. The number of aryl methyl sites for hydroxylation is 1. The summed E-state index contributed by atoms with van der Waals surface area (Å²) in [4.78, 5) is 14.4. The average Bonchev–Trinajstić information content (AvgIpc) is 2.99. The summed E-state index contributed by atoms with van der Waals surface area (Å²) in [6.45, 7) is -0.647. The van der Waals surface area contributed by atoms with Crippen LogP contribution in [0.4, 0.5) is 14.5 Å². The molecular weight excluding hydrogens is 332 g/mol. The Labute approximate surface area is 143 Å². The lowest BCUT2D eigenvalue weighted by atomic mass is 9.87. The van der Waals surface area contributed by atoms with Gasteiger partial charge < -0.3 is 10.1 Å². The second kappa shape index (κ2) is 7.30. The maximum Gasteiger partial charge on any atom is 0.387 e. The Balaban J connectivity index is 1.66. The minimum absolute atomic E-state index is 0.0696. The number of benzene rings is 1. The van der Waals surface area contributed by atoms with Crippen LogP contribution in [0.5, 0.6) is 5.75 Å². The molecule has 1 amide bonds. The first kappa shape index (κ1) is 16.9. The van der Waals surface area contributed by atoms with E-state index in [1.807, 2.05) is 6.07 Å². The predicted octanol–water partition coefficient (Wildman–Crippen LogP) is 5.12. The highest BCUT2D eigenvalue weighted by Crippen LogP contribution is 2.33. The van der Waals surface area contributed by atoms with Crippen molar-refractivity contribution in [2.75, 3.05) is 5.32 Å². The van der Waals surface area contributed by atoms with E-state index >= 15 is 0 Å². The molecule has 0 spiro atoms. The van der Waals surface area contributed by atoms with Crippen LogP contribution in [0.1, 0.15) is 39.9 Å². The fraction of sp³-hybridized carbons (Fsp3) is 0.389. The number of ether oxygens (including phenoxy) is 1. The summed E-state index contributed by atoms with van der Waals surface area (Å²) in [5.74, 6) is 0.621. The first-order valence-electron chi connectivity index (χ1n) is 8.03. The van der Waals surface area contributed by atoms with E-state index in [2.05, 4.69) is 17.0 Å². The summed E-state index contributed by atoms with van der Waals surface area (Å²) >= 11 is 1.55. The molecule has 0 aliphatic heterocycles. The van der Waals surface area contributed by atoms with Gasteiger partial charge in [0.1, 0.15) is 5.75 Å². The van der Waals surface area contributed by atoms with Crippen LogP contribution in [0, 0.1) is 5.92 Å². The Bertz CT molecular complexity index is 712. The maximum absolute atomic E-state index is 12.4. The van der Waals surface area contributed by atoms with Gasteiger partial charge in [0.05, 0.1) is 4.88 Å². The third-order valence-corrected chi connectivity index (χ3v) is 5.56. The molecule has 1 N–H and O–H groups in total. The largest absolute Gasteiger partial charge is 0.435 e. The van der Waals surface area contributed by atoms with Crippen LogP contribution in [0.2, 0.25) is 0 Å². The zero-order valence-electron chi connectivity index (χ0n) is 13.4. The molecule has 0 saturated carbocycles. The standard InChI is InChI=1S/C18H19F2NO2S/c1-2-11-3-8-15-12(9-11)10-16(24-15)17(22)21-13-4-6-14(7-5-13)23-18(19)20/h4-7,10-11,18H,2-3,8-9H2,1H3,(H,21,22)/t11-/m0/s1. The van der Waals surface area contributed by atoms with Crippen molar-refractivity contribution in [3.05, 3.63) is 45.6 Å². The summed E-state index contributed by atoms with van der Waals surface area (Å²) in [5.41, 5.74) is 1.85. The van der Waals surface area contributed by atoms with Gasteiger partial charge >= 0.3 is 6.61 Å². The lowest BCUT2D eigenvalue weighted by Gasteiger charge is -2.19. The maximum atomic E-state index is 12.4. The molecule has 1 atom stereocenters. The quantitative estimate of drug-likeness (QED) is 0.812. The van der Waals surface area contributed by atoms with Gasteiger partial charge in [0.15, 0.2) is 0 Å². The van der Waals surface area contributed by atoms with E-state index in [1.54, 1.807) is 23.5 Å². The molecule has 3 nitrogen and oxygen atoms in total. The molecule has 24 heavy (non-hydrogen) atoms. The van der Waals surface area contributed by atoms with Gasteiger partial charge in [-0.05, 0) is 61.1 Å². The second-order valence-corrected chi connectivity index (χ2v) is 7.07. The molecule has 1 heterocycles. The lowest BCUT2D eigenvalue weighted by Crippen LogP contribution is -2.11. The molecule has 0 unspecified atom stereocenters. The van der Waals surface area contributed by atoms with Crippen molar-refractivity contribution in [2.45, 2.75) is 39.2 Å². The fourth-order valence-electron chi connectivity index (χ4n) is 2.97. The lowest BCUT2D eigenvalue weighted by molar-refractivity contribution is -0.0498. The van der Waals surface area contributed by atoms with Gasteiger partial charge in [0, 0.05) is 10.6 Å². The summed E-state index contributed by atoms with van der Waals surface area (Å²) in [7, 11) is 0. The molecule has 0 saturated heterocycles. The highest BCUT2D eigenvalue weighted by Gasteiger charge is 2.22. The smallest absolute Gasteiger partial charge is 0.387 e. The Morgan fingerprint density at radius 1 is 1.38 bits per heavy atom. The molecular formula is C18H19F2NO2S. The topological polar surface area (TPSA) is 38.3 Å². The summed E-state index contributed by atoms with van der Waals surface area (Å²) in [6, 6.07) is 7.91. The number of carbonyl (C=O) groups excluding carboxylic acids is 1. The highest BCUT2D eigenvalue weighted by molar-refractivity contribution is 7.14. The zero-order chi connectivity index (χ0) is 17.1. The number of fused-ring (bicyclic) bond motifs is 1. The van der Waals surface area contributed by atoms with Gasteiger partial charge in [-0.1, -0.05) is 13.3 Å². The van der Waals surface area contributed by atoms with Crippen molar-refractivity contribution < 1.29 is 18.3 Å².